The summed E-state index contributed by atoms with van der Waals surface area (Å²) in [5, 5.41) is 7.13. The second kappa shape index (κ2) is 8.42. The summed E-state index contributed by atoms with van der Waals surface area (Å²) in [5.41, 5.74) is 5.37. The summed E-state index contributed by atoms with van der Waals surface area (Å²) in [6.07, 6.45) is 1.79. The highest BCUT2D eigenvalue weighted by atomic mass is 79.9. The van der Waals surface area contributed by atoms with Crippen LogP contribution >= 0.6 is 38.9 Å². The van der Waals surface area contributed by atoms with E-state index in [2.05, 4.69) is 31.4 Å². The summed E-state index contributed by atoms with van der Waals surface area (Å²) >= 11 is 11.0. The summed E-state index contributed by atoms with van der Waals surface area (Å²) in [6, 6.07) is 3.88. The van der Waals surface area contributed by atoms with E-state index in [1.54, 1.807) is 18.5 Å². The average Bonchev–Trinajstić information content (AvgIpc) is 2.91. The molecule has 0 atom stereocenters. The molecule has 5 nitrogen and oxygen atoms in total. The number of carbonyl (C=O) groups excluding carboxylic acids is 1. The maximum Gasteiger partial charge on any atom is 0.311 e. The maximum atomic E-state index is 11.4. The number of hydrazone groups is 1. The molecule has 2 rings (SSSR count). The molecule has 0 aliphatic carbocycles. The van der Waals surface area contributed by atoms with Gasteiger partial charge in [-0.05, 0) is 47.5 Å². The molecule has 0 aliphatic rings. The molecule has 2 aromatic rings. The predicted octanol–water partition coefficient (Wildman–Crippen LogP) is 4.42. The fraction of sp³-hybridized carbons (Fsp3) is 0.267. The lowest BCUT2D eigenvalue weighted by molar-refractivity contribution is -0.142. The minimum atomic E-state index is -0.288. The molecule has 0 amide bonds. The second-order valence-electron chi connectivity index (χ2n) is 4.65. The third kappa shape index (κ3) is 5.30. The lowest BCUT2D eigenvalue weighted by atomic mass is 10.1. The zero-order valence-electron chi connectivity index (χ0n) is 12.6. The van der Waals surface area contributed by atoms with Crippen molar-refractivity contribution in [1.29, 1.82) is 0 Å². The minimum absolute atomic E-state index is 0.159. The van der Waals surface area contributed by atoms with Crippen molar-refractivity contribution >= 4 is 56.2 Å². The lowest BCUT2D eigenvalue weighted by Gasteiger charge is -2.03. The summed E-state index contributed by atoms with van der Waals surface area (Å²) in [7, 11) is 0. The molecule has 1 heterocycles. The smallest absolute Gasteiger partial charge is 0.311 e. The molecule has 1 aromatic carbocycles. The van der Waals surface area contributed by atoms with E-state index in [9.17, 15) is 4.79 Å². The van der Waals surface area contributed by atoms with Crippen LogP contribution in [0.1, 0.15) is 23.7 Å². The number of anilines is 1. The van der Waals surface area contributed by atoms with Gasteiger partial charge in [0.25, 0.3) is 0 Å². The van der Waals surface area contributed by atoms with Crippen molar-refractivity contribution in [2.45, 2.75) is 20.3 Å². The van der Waals surface area contributed by atoms with Crippen molar-refractivity contribution in [2.24, 2.45) is 5.10 Å². The quantitative estimate of drug-likeness (QED) is 0.430. The number of nitrogens with one attached hydrogen (secondary N) is 1. The van der Waals surface area contributed by atoms with E-state index in [0.29, 0.717) is 22.5 Å². The van der Waals surface area contributed by atoms with Crippen molar-refractivity contribution in [3.63, 3.8) is 0 Å². The Morgan fingerprint density at radius 1 is 1.57 bits per heavy atom. The van der Waals surface area contributed by atoms with Gasteiger partial charge in [-0.25, -0.2) is 4.98 Å². The Kier molecular flexibility index (Phi) is 6.56. The Bertz CT molecular complexity index is 734. The van der Waals surface area contributed by atoms with E-state index in [1.165, 1.54) is 11.3 Å². The number of rotatable bonds is 6. The van der Waals surface area contributed by atoms with Crippen molar-refractivity contribution in [3.05, 3.63) is 43.8 Å². The van der Waals surface area contributed by atoms with Crippen LogP contribution in [0.25, 0.3) is 0 Å². The molecule has 0 saturated carbocycles. The van der Waals surface area contributed by atoms with Gasteiger partial charge in [0.15, 0.2) is 0 Å². The van der Waals surface area contributed by atoms with Gasteiger partial charge in [0.05, 0.1) is 30.0 Å². The number of hydrogen-bond donors (Lipinski definition) is 1. The van der Waals surface area contributed by atoms with E-state index in [4.69, 9.17) is 16.3 Å². The highest BCUT2D eigenvalue weighted by Gasteiger charge is 2.08. The van der Waals surface area contributed by atoms with Gasteiger partial charge in [-0.3, -0.25) is 10.2 Å². The van der Waals surface area contributed by atoms with Gasteiger partial charge >= 0.3 is 5.97 Å². The summed E-state index contributed by atoms with van der Waals surface area (Å²) in [4.78, 5) is 15.7. The molecule has 122 valence electrons. The number of halogens is 2. The predicted molar refractivity (Wildman–Crippen MR) is 97.6 cm³/mol. The number of aromatic nitrogens is 1. The summed E-state index contributed by atoms with van der Waals surface area (Å²) < 4.78 is 5.71. The van der Waals surface area contributed by atoms with Crippen LogP contribution in [0.3, 0.4) is 0 Å². The molecule has 8 heteroatoms. The first kappa shape index (κ1) is 17.9. The fourth-order valence-corrected chi connectivity index (χ4v) is 3.21. The molecule has 0 bridgehead atoms. The molecule has 0 spiro atoms. The minimum Gasteiger partial charge on any atom is -0.466 e. The van der Waals surface area contributed by atoms with Crippen molar-refractivity contribution in [2.75, 3.05) is 12.0 Å². The molecular weight excluding hydrogens is 402 g/mol. The fourth-order valence-electron chi connectivity index (χ4n) is 1.80. The first-order chi connectivity index (χ1) is 11.0. The van der Waals surface area contributed by atoms with Crippen LogP contribution in [0.5, 0.6) is 0 Å². The van der Waals surface area contributed by atoms with Crippen LogP contribution in [-0.2, 0) is 16.0 Å². The third-order valence-corrected chi connectivity index (χ3v) is 4.82. The van der Waals surface area contributed by atoms with Gasteiger partial charge in [0, 0.05) is 15.4 Å². The average molecular weight is 417 g/mol. The molecule has 1 aromatic heterocycles. The van der Waals surface area contributed by atoms with Crippen LogP contribution < -0.4 is 5.43 Å². The normalized spacial score (nSPS) is 11.0. The van der Waals surface area contributed by atoms with Crippen LogP contribution in [0.2, 0.25) is 5.02 Å². The zero-order chi connectivity index (χ0) is 16.8. The van der Waals surface area contributed by atoms with E-state index in [1.807, 2.05) is 19.1 Å². The Hall–Kier alpha value is -1.44. The first-order valence-electron chi connectivity index (χ1n) is 6.84. The van der Waals surface area contributed by atoms with E-state index >= 15 is 0 Å². The first-order valence-corrected chi connectivity index (χ1v) is 8.89. The van der Waals surface area contributed by atoms with Crippen molar-refractivity contribution in [1.82, 2.24) is 4.98 Å². The Morgan fingerprint density at radius 2 is 2.35 bits per heavy atom. The highest BCUT2D eigenvalue weighted by molar-refractivity contribution is 9.10. The van der Waals surface area contributed by atoms with Gasteiger partial charge in [-0.15, -0.1) is 11.3 Å². The molecule has 23 heavy (non-hydrogen) atoms. The molecule has 0 saturated heterocycles. The Morgan fingerprint density at radius 3 is 3.09 bits per heavy atom. The number of ether oxygens (including phenoxy) is 1. The molecule has 0 fully saturated rings. The lowest BCUT2D eigenvalue weighted by Crippen LogP contribution is -2.07. The van der Waals surface area contributed by atoms with Crippen LogP contribution in [0.4, 0.5) is 5.13 Å². The van der Waals surface area contributed by atoms with Gasteiger partial charge in [-0.2, -0.15) is 5.10 Å². The van der Waals surface area contributed by atoms with Gasteiger partial charge in [0.2, 0.25) is 5.13 Å². The van der Waals surface area contributed by atoms with E-state index < -0.39 is 0 Å². The topological polar surface area (TPSA) is 63.6 Å². The number of aryl methyl sites for hydroxylation is 1. The number of nitrogens with zero attached hydrogens (tertiary/aromatic N) is 2. The van der Waals surface area contributed by atoms with Gasteiger partial charge < -0.3 is 4.74 Å². The monoisotopic (exact) mass is 415 g/mol. The van der Waals surface area contributed by atoms with E-state index in [-0.39, 0.29) is 12.4 Å². The summed E-state index contributed by atoms with van der Waals surface area (Å²) in [6.45, 7) is 4.12. The molecule has 0 aliphatic heterocycles. The zero-order valence-corrected chi connectivity index (χ0v) is 15.8. The third-order valence-electron chi connectivity index (χ3n) is 2.75. The number of hydrogen-bond acceptors (Lipinski definition) is 6. The van der Waals surface area contributed by atoms with E-state index in [0.717, 1.165) is 15.6 Å². The van der Waals surface area contributed by atoms with Crippen molar-refractivity contribution < 1.29 is 9.53 Å². The van der Waals surface area contributed by atoms with Crippen LogP contribution in [0.15, 0.2) is 27.1 Å². The summed E-state index contributed by atoms with van der Waals surface area (Å²) in [5.74, 6) is -0.288. The highest BCUT2D eigenvalue weighted by Crippen LogP contribution is 2.27. The number of carbonyl (C=O) groups is 1. The molecular formula is C15H15BrClN3O2S. The molecule has 0 radical (unpaired) electrons. The molecule has 0 unspecified atom stereocenters. The SMILES string of the molecule is CCOC(=O)Cc1csc(NN=Cc2cc(C)cc(Br)c2Cl)n1. The number of esters is 1. The maximum absolute atomic E-state index is 11.4. The number of benzene rings is 1. The second-order valence-corrected chi connectivity index (χ2v) is 6.74. The standard InChI is InChI=1S/C15H15BrClN3O2S/c1-3-22-13(21)6-11-8-23-15(19-11)20-18-7-10-4-9(2)5-12(16)14(10)17/h4-5,7-8H,3,6H2,1-2H3,(H,19,20). The van der Waals surface area contributed by atoms with Gasteiger partial charge in [-0.1, -0.05) is 11.6 Å². The van der Waals surface area contributed by atoms with Gasteiger partial charge in [0.1, 0.15) is 0 Å². The number of thiazole rings is 1. The van der Waals surface area contributed by atoms with Crippen LogP contribution in [0, 0.1) is 6.92 Å². The Labute approximate surface area is 151 Å². The van der Waals surface area contributed by atoms with Crippen molar-refractivity contribution in [3.8, 4) is 0 Å². The molecule has 1 N–H and O–H groups in total. The largest absolute Gasteiger partial charge is 0.466 e. The van der Waals surface area contributed by atoms with Crippen LogP contribution in [-0.4, -0.2) is 23.8 Å². The Balaban J connectivity index is 1.99.